The number of aryl methyl sites for hydroxylation is 1. The molecular formula is C10H14N2O. The molecule has 0 aliphatic carbocycles. The lowest BCUT2D eigenvalue weighted by Crippen LogP contribution is -2.27. The molecule has 0 aliphatic heterocycles. The topological polar surface area (TPSA) is 51.2 Å². The molecule has 3 N–H and O–H groups in total. The van der Waals surface area contributed by atoms with E-state index in [4.69, 9.17) is 10.3 Å². The van der Waals surface area contributed by atoms with Gasteiger partial charge in [-0.05, 0) is 19.9 Å². The third-order valence-electron chi connectivity index (χ3n) is 1.84. The molecule has 0 saturated heterocycles. The maximum Gasteiger partial charge on any atom is 0.101 e. The molecule has 70 valence electrons. The first kappa shape index (κ1) is 9.85. The average Bonchev–Trinajstić information content (AvgIpc) is 2.54. The second kappa shape index (κ2) is 4.70. The molecule has 0 bridgehead atoms. The van der Waals surface area contributed by atoms with Crippen LogP contribution in [0.4, 0.5) is 0 Å². The minimum absolute atomic E-state index is 0.0601. The lowest BCUT2D eigenvalue weighted by Gasteiger charge is -2.09. The minimum Gasteiger partial charge on any atom is -0.469 e. The van der Waals surface area contributed by atoms with Gasteiger partial charge in [0.25, 0.3) is 0 Å². The summed E-state index contributed by atoms with van der Waals surface area (Å²) < 4.78 is 5.18. The number of nitrogens with one attached hydrogen (secondary N) is 1. The van der Waals surface area contributed by atoms with Gasteiger partial charge in [-0.25, -0.2) is 0 Å². The summed E-state index contributed by atoms with van der Waals surface area (Å²) in [5, 5.41) is 0. The first-order valence-electron chi connectivity index (χ1n) is 4.18. The molecule has 1 heterocycles. The van der Waals surface area contributed by atoms with Gasteiger partial charge >= 0.3 is 0 Å². The molecule has 1 aromatic rings. The Bertz CT molecular complexity index is 319. The monoisotopic (exact) mass is 178 g/mol. The number of hydrogen-bond acceptors (Lipinski definition) is 3. The van der Waals surface area contributed by atoms with E-state index in [0.717, 1.165) is 11.3 Å². The number of nitrogens with two attached hydrogens (primary N) is 1. The summed E-state index contributed by atoms with van der Waals surface area (Å²) in [6.45, 7) is 3.72. The highest BCUT2D eigenvalue weighted by atomic mass is 16.3. The SMILES string of the molecule is CC#CCC(NN)c1coc(C)c1. The van der Waals surface area contributed by atoms with Crippen LogP contribution in [-0.2, 0) is 0 Å². The molecule has 0 spiro atoms. The lowest BCUT2D eigenvalue weighted by molar-refractivity contribution is 0.516. The summed E-state index contributed by atoms with van der Waals surface area (Å²) >= 11 is 0. The lowest BCUT2D eigenvalue weighted by atomic mass is 10.1. The minimum atomic E-state index is 0.0601. The van der Waals surface area contributed by atoms with E-state index in [2.05, 4.69) is 17.3 Å². The van der Waals surface area contributed by atoms with Crippen LogP contribution in [0.1, 0.15) is 30.7 Å². The molecule has 13 heavy (non-hydrogen) atoms. The van der Waals surface area contributed by atoms with E-state index in [-0.39, 0.29) is 6.04 Å². The van der Waals surface area contributed by atoms with E-state index in [1.54, 1.807) is 6.26 Å². The summed E-state index contributed by atoms with van der Waals surface area (Å²) in [7, 11) is 0. The fourth-order valence-corrected chi connectivity index (χ4v) is 1.12. The van der Waals surface area contributed by atoms with E-state index < -0.39 is 0 Å². The molecule has 0 saturated carbocycles. The Morgan fingerprint density at radius 1 is 1.69 bits per heavy atom. The molecule has 1 unspecified atom stereocenters. The molecule has 0 fully saturated rings. The van der Waals surface area contributed by atoms with Crippen LogP contribution >= 0.6 is 0 Å². The molecule has 0 amide bonds. The van der Waals surface area contributed by atoms with E-state index >= 15 is 0 Å². The molecular weight excluding hydrogens is 164 g/mol. The predicted octanol–water partition coefficient (Wildman–Crippen LogP) is 1.51. The summed E-state index contributed by atoms with van der Waals surface area (Å²) in [6, 6.07) is 2.02. The Kier molecular flexibility index (Phi) is 3.56. The van der Waals surface area contributed by atoms with Crippen molar-refractivity contribution >= 4 is 0 Å². The third-order valence-corrected chi connectivity index (χ3v) is 1.84. The Hall–Kier alpha value is -1.24. The quantitative estimate of drug-likeness (QED) is 0.419. The number of rotatable bonds is 3. The van der Waals surface area contributed by atoms with Gasteiger partial charge in [-0.3, -0.25) is 11.3 Å². The van der Waals surface area contributed by atoms with Crippen LogP contribution in [0.3, 0.4) is 0 Å². The molecule has 3 heteroatoms. The first-order chi connectivity index (χ1) is 6.27. The maximum absolute atomic E-state index is 5.40. The number of hydrogen-bond donors (Lipinski definition) is 2. The normalized spacial score (nSPS) is 11.9. The maximum atomic E-state index is 5.40. The van der Waals surface area contributed by atoms with Crippen molar-refractivity contribution in [2.45, 2.75) is 26.3 Å². The standard InChI is InChI=1S/C10H14N2O/c1-3-4-5-10(12-11)9-6-8(2)13-7-9/h6-7,10,12H,5,11H2,1-2H3. The summed E-state index contributed by atoms with van der Waals surface area (Å²) in [5.74, 6) is 12.1. The zero-order valence-electron chi connectivity index (χ0n) is 7.92. The Morgan fingerprint density at radius 3 is 2.92 bits per heavy atom. The fourth-order valence-electron chi connectivity index (χ4n) is 1.12. The molecule has 0 radical (unpaired) electrons. The van der Waals surface area contributed by atoms with Gasteiger partial charge in [0.1, 0.15) is 5.76 Å². The van der Waals surface area contributed by atoms with Crippen LogP contribution in [0.15, 0.2) is 16.7 Å². The molecule has 1 aromatic heterocycles. The van der Waals surface area contributed by atoms with Crippen molar-refractivity contribution in [1.82, 2.24) is 5.43 Å². The van der Waals surface area contributed by atoms with Gasteiger partial charge in [0.05, 0.1) is 12.3 Å². The van der Waals surface area contributed by atoms with Crippen LogP contribution in [0.25, 0.3) is 0 Å². The summed E-state index contributed by atoms with van der Waals surface area (Å²) in [4.78, 5) is 0. The fraction of sp³-hybridized carbons (Fsp3) is 0.400. The van der Waals surface area contributed by atoms with Crippen molar-refractivity contribution in [2.75, 3.05) is 0 Å². The number of hydrazine groups is 1. The van der Waals surface area contributed by atoms with Gasteiger partial charge in [-0.2, -0.15) is 0 Å². The summed E-state index contributed by atoms with van der Waals surface area (Å²) in [6.07, 6.45) is 2.41. The van der Waals surface area contributed by atoms with E-state index in [1.165, 1.54) is 0 Å². The highest BCUT2D eigenvalue weighted by Gasteiger charge is 2.09. The Morgan fingerprint density at radius 2 is 2.46 bits per heavy atom. The summed E-state index contributed by atoms with van der Waals surface area (Å²) in [5.41, 5.74) is 3.75. The smallest absolute Gasteiger partial charge is 0.101 e. The van der Waals surface area contributed by atoms with Gasteiger partial charge in [0, 0.05) is 12.0 Å². The van der Waals surface area contributed by atoms with Crippen molar-refractivity contribution in [2.24, 2.45) is 5.84 Å². The van der Waals surface area contributed by atoms with Crippen LogP contribution in [0.5, 0.6) is 0 Å². The zero-order valence-corrected chi connectivity index (χ0v) is 7.92. The zero-order chi connectivity index (χ0) is 9.68. The molecule has 0 aliphatic rings. The second-order valence-corrected chi connectivity index (χ2v) is 2.84. The van der Waals surface area contributed by atoms with Gasteiger partial charge in [0.2, 0.25) is 0 Å². The van der Waals surface area contributed by atoms with Crippen LogP contribution in [-0.4, -0.2) is 0 Å². The van der Waals surface area contributed by atoms with E-state index in [9.17, 15) is 0 Å². The third kappa shape index (κ3) is 2.62. The second-order valence-electron chi connectivity index (χ2n) is 2.84. The van der Waals surface area contributed by atoms with Gasteiger partial charge in [-0.15, -0.1) is 11.8 Å². The number of furan rings is 1. The molecule has 1 atom stereocenters. The van der Waals surface area contributed by atoms with Crippen molar-refractivity contribution < 1.29 is 4.42 Å². The van der Waals surface area contributed by atoms with Crippen molar-refractivity contribution in [3.8, 4) is 11.8 Å². The highest BCUT2D eigenvalue weighted by molar-refractivity contribution is 5.18. The van der Waals surface area contributed by atoms with Gasteiger partial charge in [0.15, 0.2) is 0 Å². The highest BCUT2D eigenvalue weighted by Crippen LogP contribution is 2.17. The van der Waals surface area contributed by atoms with E-state index in [1.807, 2.05) is 19.9 Å². The Labute approximate surface area is 78.3 Å². The Balaban J connectivity index is 2.70. The van der Waals surface area contributed by atoms with Crippen LogP contribution in [0, 0.1) is 18.8 Å². The van der Waals surface area contributed by atoms with Crippen LogP contribution in [0.2, 0.25) is 0 Å². The molecule has 1 rings (SSSR count). The van der Waals surface area contributed by atoms with Gasteiger partial charge in [-0.1, -0.05) is 0 Å². The largest absolute Gasteiger partial charge is 0.469 e. The molecule has 0 aromatic carbocycles. The predicted molar refractivity (Wildman–Crippen MR) is 51.6 cm³/mol. The molecule has 3 nitrogen and oxygen atoms in total. The first-order valence-corrected chi connectivity index (χ1v) is 4.18. The van der Waals surface area contributed by atoms with Crippen LogP contribution < -0.4 is 11.3 Å². The van der Waals surface area contributed by atoms with E-state index in [0.29, 0.717) is 6.42 Å². The van der Waals surface area contributed by atoms with Crippen molar-refractivity contribution in [1.29, 1.82) is 0 Å². The van der Waals surface area contributed by atoms with Gasteiger partial charge < -0.3 is 4.42 Å². The average molecular weight is 178 g/mol. The van der Waals surface area contributed by atoms with Crippen molar-refractivity contribution in [3.63, 3.8) is 0 Å². The van der Waals surface area contributed by atoms with Crippen molar-refractivity contribution in [3.05, 3.63) is 23.7 Å².